The van der Waals surface area contributed by atoms with Crippen molar-refractivity contribution < 1.29 is 16.3 Å². The number of aryl methyl sites for hydroxylation is 1. The van der Waals surface area contributed by atoms with Crippen LogP contribution in [0.5, 0.6) is 0 Å². The van der Waals surface area contributed by atoms with Crippen LogP contribution in [0.4, 0.5) is 14.5 Å². The number of hydrogen-bond acceptors (Lipinski definition) is 6. The van der Waals surface area contributed by atoms with Gasteiger partial charge in [-0.05, 0) is 25.1 Å². The molecule has 1 aromatic carbocycles. The third-order valence-corrected chi connectivity index (χ3v) is 4.96. The number of carbonyl (C=O) groups is 1. The molecule has 0 radical (unpaired) electrons. The number of hydrogen-bond donors (Lipinski definition) is 2. The van der Waals surface area contributed by atoms with Crippen molar-refractivity contribution in [2.75, 3.05) is 31.1 Å². The Morgan fingerprint density at radius 1 is 1.20 bits per heavy atom. The Hall–Kier alpha value is -3.40. The number of benzene rings is 1. The summed E-state index contributed by atoms with van der Waals surface area (Å²) in [4.78, 5) is 36.1. The van der Waals surface area contributed by atoms with E-state index >= 15 is 4.39 Å². The van der Waals surface area contributed by atoms with Crippen LogP contribution in [0.15, 0.2) is 29.1 Å². The fourth-order valence-electron chi connectivity index (χ4n) is 3.33. The maximum atomic E-state index is 15.1. The number of H-pyrrole nitrogens is 1. The minimum Gasteiger partial charge on any atom is -0.365 e. The zero-order valence-corrected chi connectivity index (χ0v) is 16.1. The fraction of sp³-hybridized carbons (Fsp3) is 0.300. The molecule has 3 aromatic rings. The molecule has 0 spiro atoms. The van der Waals surface area contributed by atoms with Gasteiger partial charge in [-0.2, -0.15) is 4.39 Å². The molecule has 0 saturated carbocycles. The highest BCUT2D eigenvalue weighted by atomic mass is 19.1. The zero-order valence-electron chi connectivity index (χ0n) is 18.1. The molecular formula is C20H20F2N6O2. The molecule has 1 fully saturated rings. The van der Waals surface area contributed by atoms with Gasteiger partial charge >= 0.3 is 0 Å². The molecule has 1 saturated heterocycles. The van der Waals surface area contributed by atoms with Crippen LogP contribution in [0.3, 0.4) is 0 Å². The van der Waals surface area contributed by atoms with E-state index in [4.69, 9.17) is 8.48 Å². The molecule has 0 aliphatic carbocycles. The Balaban J connectivity index is 1.57. The second-order valence-electron chi connectivity index (χ2n) is 6.93. The van der Waals surface area contributed by atoms with Crippen LogP contribution in [0.25, 0.3) is 11.0 Å². The Morgan fingerprint density at radius 3 is 2.60 bits per heavy atom. The average Bonchev–Trinajstić information content (AvgIpc) is 2.75. The minimum atomic E-state index is -2.18. The summed E-state index contributed by atoms with van der Waals surface area (Å²) in [6, 6.07) is 5.52. The summed E-state index contributed by atoms with van der Waals surface area (Å²) in [6.45, 7) is 0.164. The highest BCUT2D eigenvalue weighted by Gasteiger charge is 2.22. The Labute approximate surface area is 173 Å². The topological polar surface area (TPSA) is 108 Å². The molecule has 0 bridgehead atoms. The number of aromatic amines is 1. The quantitative estimate of drug-likeness (QED) is 0.621. The van der Waals surface area contributed by atoms with Gasteiger partial charge in [-0.15, -0.1) is 0 Å². The first-order valence-corrected chi connectivity index (χ1v) is 9.25. The van der Waals surface area contributed by atoms with E-state index in [2.05, 4.69) is 15.0 Å². The van der Waals surface area contributed by atoms with Crippen molar-refractivity contribution in [3.05, 3.63) is 63.3 Å². The molecular weight excluding hydrogens is 394 g/mol. The second kappa shape index (κ2) is 7.79. The highest BCUT2D eigenvalue weighted by molar-refractivity contribution is 5.90. The van der Waals surface area contributed by atoms with Crippen molar-refractivity contribution >= 4 is 22.6 Å². The molecule has 2 aromatic heterocycles. The van der Waals surface area contributed by atoms with Crippen molar-refractivity contribution in [1.29, 1.82) is 0 Å². The van der Waals surface area contributed by atoms with Crippen molar-refractivity contribution in [1.82, 2.24) is 19.9 Å². The fourth-order valence-corrected chi connectivity index (χ4v) is 3.33. The van der Waals surface area contributed by atoms with E-state index in [9.17, 15) is 14.0 Å². The molecule has 1 aliphatic rings. The van der Waals surface area contributed by atoms with E-state index in [1.165, 1.54) is 36.1 Å². The summed E-state index contributed by atoms with van der Waals surface area (Å²) < 4.78 is 46.6. The van der Waals surface area contributed by atoms with Crippen LogP contribution in [0, 0.1) is 18.7 Å². The summed E-state index contributed by atoms with van der Waals surface area (Å²) in [5.74, 6) is -2.56. The number of primary amides is 1. The largest absolute Gasteiger partial charge is 0.365 e. The summed E-state index contributed by atoms with van der Waals surface area (Å²) in [6.07, 6.45) is 0. The van der Waals surface area contributed by atoms with Crippen LogP contribution in [-0.2, 0) is 6.50 Å². The molecule has 1 aliphatic heterocycles. The van der Waals surface area contributed by atoms with E-state index in [0.29, 0.717) is 0 Å². The summed E-state index contributed by atoms with van der Waals surface area (Å²) in [7, 11) is 0. The van der Waals surface area contributed by atoms with E-state index in [1.807, 2.05) is 0 Å². The molecule has 0 unspecified atom stereocenters. The van der Waals surface area contributed by atoms with Crippen molar-refractivity contribution in [3.8, 4) is 0 Å². The lowest BCUT2D eigenvalue weighted by atomic mass is 10.1. The SMILES string of the molecule is [2H]C([2H])(c1ccc2nc(C)c(=O)[nH]c2c1F)N1CCN(c2ccc(C(N)=O)nc2F)CC1. The smallest absolute Gasteiger partial charge is 0.269 e. The van der Waals surface area contributed by atoms with Gasteiger partial charge in [-0.25, -0.2) is 14.4 Å². The number of rotatable bonds is 4. The number of piperazine rings is 1. The number of amides is 1. The number of halogens is 2. The van der Waals surface area contributed by atoms with Gasteiger partial charge in [0.15, 0.2) is 5.82 Å². The van der Waals surface area contributed by atoms with Gasteiger partial charge in [-0.1, -0.05) is 6.07 Å². The van der Waals surface area contributed by atoms with Gasteiger partial charge in [0.05, 0.1) is 11.2 Å². The number of nitrogens with one attached hydrogen (secondary N) is 1. The lowest BCUT2D eigenvalue weighted by molar-refractivity contribution is 0.0994. The average molecular weight is 416 g/mol. The Morgan fingerprint density at radius 2 is 1.93 bits per heavy atom. The van der Waals surface area contributed by atoms with Crippen LogP contribution in [0.1, 0.15) is 24.5 Å². The van der Waals surface area contributed by atoms with Gasteiger partial charge in [0.2, 0.25) is 5.95 Å². The lowest BCUT2D eigenvalue weighted by Gasteiger charge is -2.36. The third-order valence-electron chi connectivity index (χ3n) is 4.96. The van der Waals surface area contributed by atoms with E-state index in [1.54, 1.807) is 4.90 Å². The van der Waals surface area contributed by atoms with Crippen molar-refractivity contribution in [2.24, 2.45) is 5.73 Å². The molecule has 1 amide bonds. The predicted molar refractivity (Wildman–Crippen MR) is 107 cm³/mol. The van der Waals surface area contributed by atoms with Crippen LogP contribution in [-0.4, -0.2) is 51.9 Å². The predicted octanol–water partition coefficient (Wildman–Crippen LogP) is 1.33. The maximum Gasteiger partial charge on any atom is 0.269 e. The van der Waals surface area contributed by atoms with Crippen molar-refractivity contribution in [3.63, 3.8) is 0 Å². The Bertz CT molecular complexity index is 1270. The molecule has 30 heavy (non-hydrogen) atoms. The molecule has 4 rings (SSSR count). The number of pyridine rings is 1. The molecule has 3 heterocycles. The molecule has 10 heteroatoms. The minimum absolute atomic E-state index is 0.150. The number of nitrogens with two attached hydrogens (primary N) is 1. The van der Waals surface area contributed by atoms with Gasteiger partial charge in [0.25, 0.3) is 11.5 Å². The van der Waals surface area contributed by atoms with E-state index in [0.717, 1.165) is 0 Å². The number of nitrogens with zero attached hydrogens (tertiary/aromatic N) is 4. The van der Waals surface area contributed by atoms with Crippen molar-refractivity contribution in [2.45, 2.75) is 13.4 Å². The number of aromatic nitrogens is 3. The standard InChI is InChI=1S/C20H20F2N6O2/c1-11-20(30)26-17-13(24-11)3-2-12(16(17)21)10-27-6-8-28(9-7-27)15-5-4-14(19(23)29)25-18(15)22/h2-5H,6-10H2,1H3,(H2,23,29)(H,26,30)/i10D2. The number of carbonyl (C=O) groups excluding carboxylic acids is 1. The second-order valence-corrected chi connectivity index (χ2v) is 6.93. The monoisotopic (exact) mass is 416 g/mol. The molecule has 3 N–H and O–H groups in total. The molecule has 8 nitrogen and oxygen atoms in total. The van der Waals surface area contributed by atoms with Gasteiger partial charge < -0.3 is 15.6 Å². The Kier molecular flexibility index (Phi) is 4.53. The number of anilines is 1. The third kappa shape index (κ3) is 3.73. The van der Waals surface area contributed by atoms with Crippen LogP contribution in [0.2, 0.25) is 0 Å². The first-order valence-electron chi connectivity index (χ1n) is 10.3. The van der Waals surface area contributed by atoms with Gasteiger partial charge in [-0.3, -0.25) is 14.5 Å². The highest BCUT2D eigenvalue weighted by Crippen LogP contribution is 2.22. The number of fused-ring (bicyclic) bond motifs is 1. The molecule has 156 valence electrons. The normalized spacial score (nSPS) is 16.4. The van der Waals surface area contributed by atoms with Crippen LogP contribution < -0.4 is 16.2 Å². The van der Waals surface area contributed by atoms with E-state index in [-0.39, 0.29) is 59.9 Å². The summed E-state index contributed by atoms with van der Waals surface area (Å²) in [5.41, 5.74) is 4.60. The van der Waals surface area contributed by atoms with Gasteiger partial charge in [0, 0.05) is 41.0 Å². The van der Waals surface area contributed by atoms with Gasteiger partial charge in [0.1, 0.15) is 16.9 Å². The summed E-state index contributed by atoms with van der Waals surface area (Å²) in [5, 5.41) is 0. The zero-order chi connectivity index (χ0) is 23.2. The summed E-state index contributed by atoms with van der Waals surface area (Å²) >= 11 is 0. The first kappa shape index (κ1) is 17.5. The molecule has 0 atom stereocenters. The van der Waals surface area contributed by atoms with E-state index < -0.39 is 29.7 Å². The lowest BCUT2D eigenvalue weighted by Crippen LogP contribution is -2.46. The van der Waals surface area contributed by atoms with Crippen LogP contribution >= 0.6 is 0 Å². The first-order chi connectivity index (χ1) is 15.1. The maximum absolute atomic E-state index is 15.1.